The number of carbonyl (C=O) groups is 6. The van der Waals surface area contributed by atoms with Crippen molar-refractivity contribution in [3.8, 4) is 0 Å². The molecule has 3 atom stereocenters. The SMILES string of the molecule is [B]OC(=O)[C@@]1(N2CCN(N)C(=O)C2=O)CN2C(=O)[C@@H](CC(=O)/C(=N\OC(C)(C)C(=O)OC(C)(C)C)c3nc(C)sc3Cl)[C@H]2S1. The molecule has 3 aliphatic rings. The van der Waals surface area contributed by atoms with E-state index in [4.69, 9.17) is 35.1 Å². The molecule has 15 nitrogen and oxygen atoms in total. The normalized spacial score (nSPS) is 24.2. The van der Waals surface area contributed by atoms with Gasteiger partial charge in [0.1, 0.15) is 15.6 Å². The Labute approximate surface area is 267 Å². The molecule has 0 unspecified atom stereocenters. The van der Waals surface area contributed by atoms with E-state index >= 15 is 0 Å². The minimum atomic E-state index is -1.84. The van der Waals surface area contributed by atoms with E-state index in [-0.39, 0.29) is 35.4 Å². The summed E-state index contributed by atoms with van der Waals surface area (Å²) < 4.78 is 10.0. The Morgan fingerprint density at radius 1 is 1.16 bits per heavy atom. The highest BCUT2D eigenvalue weighted by Crippen LogP contribution is 2.53. The number of hydrogen-bond acceptors (Lipinski definition) is 14. The number of hydrogen-bond donors (Lipinski definition) is 1. The van der Waals surface area contributed by atoms with Crippen LogP contribution in [0.4, 0.5) is 0 Å². The van der Waals surface area contributed by atoms with Crippen LogP contribution in [-0.4, -0.2) is 110 Å². The van der Waals surface area contributed by atoms with Crippen LogP contribution in [0.5, 0.6) is 0 Å². The number of nitrogens with zero attached hydrogens (tertiary/aromatic N) is 5. The van der Waals surface area contributed by atoms with Gasteiger partial charge < -0.3 is 24.0 Å². The number of Topliss-reactive ketones (excluding diaryl/α,β-unsaturated/α-hetero) is 1. The van der Waals surface area contributed by atoms with E-state index in [1.807, 2.05) is 0 Å². The molecule has 236 valence electrons. The predicted octanol–water partition coefficient (Wildman–Crippen LogP) is 0.304. The third-order valence-corrected chi connectivity index (χ3v) is 9.81. The van der Waals surface area contributed by atoms with Gasteiger partial charge in [0.15, 0.2) is 11.5 Å². The Morgan fingerprint density at radius 3 is 2.39 bits per heavy atom. The van der Waals surface area contributed by atoms with E-state index in [0.717, 1.165) is 33.0 Å². The number of ketones is 1. The van der Waals surface area contributed by atoms with Crippen LogP contribution in [0.15, 0.2) is 5.16 Å². The van der Waals surface area contributed by atoms with Gasteiger partial charge in [-0.05, 0) is 41.5 Å². The molecule has 1 aromatic rings. The quantitative estimate of drug-likeness (QED) is 0.0554. The number of amides is 3. The standard InChI is InChI=1S/C25H30BClN6O9S2/c1-11-29-15(16(27)43-11)14(30-42-24(5,6)21(38)40-23(2,3)4)13(34)9-12-17(35)31-10-25(22(39)41-26,44-20(12)31)32-7-8-33(28)19(37)18(32)36/h12,20H,7-10,28H2,1-6H3/b30-14+/t12-,20-,25-/m1/s1. The zero-order chi connectivity index (χ0) is 32.9. The van der Waals surface area contributed by atoms with Gasteiger partial charge in [0.25, 0.3) is 0 Å². The summed E-state index contributed by atoms with van der Waals surface area (Å²) in [5, 5.41) is 4.46. The molecule has 0 aliphatic carbocycles. The molecule has 2 N–H and O–H groups in total. The summed E-state index contributed by atoms with van der Waals surface area (Å²) in [5.41, 5.74) is -2.74. The van der Waals surface area contributed by atoms with Crippen molar-refractivity contribution in [2.75, 3.05) is 19.6 Å². The van der Waals surface area contributed by atoms with Crippen LogP contribution in [0, 0.1) is 12.8 Å². The van der Waals surface area contributed by atoms with Crippen molar-refractivity contribution in [1.29, 1.82) is 0 Å². The molecule has 4 heterocycles. The van der Waals surface area contributed by atoms with Gasteiger partial charge in [-0.15, -0.1) is 11.3 Å². The molecule has 1 aromatic heterocycles. The van der Waals surface area contributed by atoms with Crippen molar-refractivity contribution in [1.82, 2.24) is 19.8 Å². The number of aryl methyl sites for hydroxylation is 1. The number of β-lactam (4-membered cyclic amide) rings is 1. The molecule has 0 aromatic carbocycles. The monoisotopic (exact) mass is 668 g/mol. The van der Waals surface area contributed by atoms with Crippen LogP contribution in [-0.2, 0) is 43.0 Å². The predicted molar refractivity (Wildman–Crippen MR) is 158 cm³/mol. The van der Waals surface area contributed by atoms with Gasteiger partial charge in [-0.1, -0.05) is 28.5 Å². The molecule has 3 aliphatic heterocycles. The first kappa shape index (κ1) is 33.7. The fourth-order valence-corrected chi connectivity index (χ4v) is 7.54. The minimum absolute atomic E-state index is 0.00619. The van der Waals surface area contributed by atoms with Gasteiger partial charge >= 0.3 is 31.8 Å². The molecular weight excluding hydrogens is 639 g/mol. The number of thioether (sulfide) groups is 1. The van der Waals surface area contributed by atoms with Gasteiger partial charge in [0.05, 0.1) is 29.4 Å². The van der Waals surface area contributed by atoms with Crippen LogP contribution in [0.2, 0.25) is 4.34 Å². The second kappa shape index (κ2) is 11.9. The number of nitrogens with two attached hydrogens (primary N) is 1. The highest BCUT2D eigenvalue weighted by molar-refractivity contribution is 8.02. The molecule has 3 saturated heterocycles. The van der Waals surface area contributed by atoms with Crippen molar-refractivity contribution >= 4 is 83.9 Å². The second-order valence-electron chi connectivity index (χ2n) is 11.8. The van der Waals surface area contributed by atoms with E-state index in [2.05, 4.69) is 14.8 Å². The Bertz CT molecular complexity index is 1460. The van der Waals surface area contributed by atoms with Crippen molar-refractivity contribution in [2.24, 2.45) is 16.9 Å². The number of ether oxygens (including phenoxy) is 1. The number of aromatic nitrogens is 1. The highest BCUT2D eigenvalue weighted by Gasteiger charge is 2.66. The molecule has 3 fully saturated rings. The molecule has 2 radical (unpaired) electrons. The number of carbonyl (C=O) groups excluding carboxylic acids is 6. The number of esters is 1. The Balaban J connectivity index is 1.59. The van der Waals surface area contributed by atoms with Crippen LogP contribution in [0.25, 0.3) is 0 Å². The number of piperazine rings is 1. The first-order chi connectivity index (χ1) is 20.3. The number of oxime groups is 1. The molecule has 3 amide bonds. The highest BCUT2D eigenvalue weighted by atomic mass is 35.5. The van der Waals surface area contributed by atoms with Crippen LogP contribution < -0.4 is 5.84 Å². The summed E-state index contributed by atoms with van der Waals surface area (Å²) in [6.45, 7) is 9.04. The van der Waals surface area contributed by atoms with Crippen LogP contribution in [0.1, 0.15) is 51.7 Å². The van der Waals surface area contributed by atoms with Gasteiger partial charge in [-0.3, -0.25) is 29.0 Å². The lowest BCUT2D eigenvalue weighted by Gasteiger charge is -2.41. The number of rotatable bonds is 9. The van der Waals surface area contributed by atoms with Crippen LogP contribution >= 0.6 is 34.7 Å². The summed E-state index contributed by atoms with van der Waals surface area (Å²) in [7, 11) is 5.20. The Hall–Kier alpha value is -3.22. The molecule has 4 rings (SSSR count). The maximum Gasteiger partial charge on any atom is 0.378 e. The van der Waals surface area contributed by atoms with E-state index in [1.165, 1.54) is 18.7 Å². The fourth-order valence-electron chi connectivity index (χ4n) is 4.69. The summed E-state index contributed by atoms with van der Waals surface area (Å²) in [5.74, 6) is -0.479. The lowest BCUT2D eigenvalue weighted by atomic mass is 9.90. The zero-order valence-corrected chi connectivity index (χ0v) is 27.1. The Morgan fingerprint density at radius 2 is 1.82 bits per heavy atom. The molecular formula is C25H30BClN6O9S2. The van der Waals surface area contributed by atoms with Crippen molar-refractivity contribution in [2.45, 2.75) is 69.4 Å². The maximum absolute atomic E-state index is 13.7. The molecule has 0 saturated carbocycles. The first-order valence-corrected chi connectivity index (χ1v) is 15.3. The number of thiazole rings is 1. The van der Waals surface area contributed by atoms with Crippen molar-refractivity contribution in [3.63, 3.8) is 0 Å². The zero-order valence-electron chi connectivity index (χ0n) is 24.7. The van der Waals surface area contributed by atoms with Crippen molar-refractivity contribution < 1.29 is 43.0 Å². The summed E-state index contributed by atoms with van der Waals surface area (Å²) in [4.78, 5) is 88.0. The lowest BCUT2D eigenvalue weighted by Crippen LogP contribution is -2.66. The summed E-state index contributed by atoms with van der Waals surface area (Å²) in [6.07, 6.45) is -0.411. The topological polar surface area (TPSA) is 191 Å². The lowest BCUT2D eigenvalue weighted by molar-refractivity contribution is -0.179. The average molecular weight is 669 g/mol. The maximum atomic E-state index is 13.7. The third-order valence-electron chi connectivity index (χ3n) is 6.91. The van der Waals surface area contributed by atoms with Gasteiger partial charge in [-0.2, -0.15) is 0 Å². The smallest absolute Gasteiger partial charge is 0.378 e. The van der Waals surface area contributed by atoms with E-state index in [0.29, 0.717) is 5.01 Å². The molecule has 0 spiro atoms. The van der Waals surface area contributed by atoms with E-state index < -0.39 is 69.2 Å². The van der Waals surface area contributed by atoms with Gasteiger partial charge in [0, 0.05) is 13.0 Å². The average Bonchev–Trinajstić information content (AvgIpc) is 3.46. The molecule has 44 heavy (non-hydrogen) atoms. The number of halogens is 1. The largest absolute Gasteiger partial charge is 0.541 e. The summed E-state index contributed by atoms with van der Waals surface area (Å²) >= 11 is 8.31. The minimum Gasteiger partial charge on any atom is -0.541 e. The van der Waals surface area contributed by atoms with E-state index in [9.17, 15) is 28.8 Å². The van der Waals surface area contributed by atoms with Gasteiger partial charge in [-0.25, -0.2) is 15.6 Å². The third kappa shape index (κ3) is 6.16. The number of fused-ring (bicyclic) bond motifs is 1. The second-order valence-corrected chi connectivity index (χ2v) is 15.0. The fraction of sp³-hybridized carbons (Fsp3) is 0.600. The Kier molecular flexibility index (Phi) is 9.14. The summed E-state index contributed by atoms with van der Waals surface area (Å²) in [6, 6.07) is 0. The van der Waals surface area contributed by atoms with Gasteiger partial charge in [0.2, 0.25) is 16.4 Å². The first-order valence-electron chi connectivity index (χ1n) is 13.3. The number of hydrazine groups is 1. The molecule has 0 bridgehead atoms. The van der Waals surface area contributed by atoms with Crippen molar-refractivity contribution in [3.05, 3.63) is 15.0 Å². The molecule has 19 heteroatoms. The van der Waals surface area contributed by atoms with Crippen LogP contribution in [0.3, 0.4) is 0 Å². The van der Waals surface area contributed by atoms with E-state index in [1.54, 1.807) is 27.7 Å².